The Morgan fingerprint density at radius 3 is 2.92 bits per heavy atom. The van der Waals surface area contributed by atoms with Crippen LogP contribution in [0.3, 0.4) is 0 Å². The summed E-state index contributed by atoms with van der Waals surface area (Å²) in [5.74, 6) is 0.548. The van der Waals surface area contributed by atoms with Crippen molar-refractivity contribution in [3.8, 4) is 11.5 Å². The van der Waals surface area contributed by atoms with E-state index in [1.165, 1.54) is 6.07 Å². The molecule has 2 aromatic carbocycles. The average molecular weight is 361 g/mol. The van der Waals surface area contributed by atoms with Crippen molar-refractivity contribution in [2.24, 2.45) is 5.92 Å². The van der Waals surface area contributed by atoms with E-state index in [9.17, 15) is 9.90 Å². The van der Waals surface area contributed by atoms with Gasteiger partial charge < -0.3 is 20.1 Å². The summed E-state index contributed by atoms with van der Waals surface area (Å²) in [7, 11) is 0. The minimum absolute atomic E-state index is 0.0308. The number of nitrogens with zero attached hydrogens (tertiary/aromatic N) is 1. The monoisotopic (exact) mass is 360 g/mol. The number of nitrogens with one attached hydrogen (secondary N) is 1. The number of hydrogen-bond acceptors (Lipinski definition) is 4. The van der Waals surface area contributed by atoms with E-state index in [2.05, 4.69) is 10.2 Å². The van der Waals surface area contributed by atoms with E-state index in [4.69, 9.17) is 16.3 Å². The van der Waals surface area contributed by atoms with Crippen LogP contribution in [0, 0.1) is 5.92 Å². The van der Waals surface area contributed by atoms with Gasteiger partial charge in [-0.1, -0.05) is 29.8 Å². The Hall–Kier alpha value is -2.40. The fourth-order valence-electron chi connectivity index (χ4n) is 2.94. The number of phenols is 1. The highest BCUT2D eigenvalue weighted by atomic mass is 35.5. The van der Waals surface area contributed by atoms with E-state index in [0.717, 1.165) is 30.2 Å². The Bertz CT molecular complexity index is 738. The molecule has 0 aromatic heterocycles. The predicted octanol–water partition coefficient (Wildman–Crippen LogP) is 3.07. The molecule has 0 unspecified atom stereocenters. The van der Waals surface area contributed by atoms with Crippen molar-refractivity contribution in [3.05, 3.63) is 53.6 Å². The van der Waals surface area contributed by atoms with Gasteiger partial charge in [-0.25, -0.2) is 0 Å². The molecule has 132 valence electrons. The molecule has 1 fully saturated rings. The number of carbonyl (C=O) groups excluding carboxylic acids is 1. The zero-order valence-corrected chi connectivity index (χ0v) is 14.6. The van der Waals surface area contributed by atoms with Gasteiger partial charge in [-0.15, -0.1) is 0 Å². The highest BCUT2D eigenvalue weighted by Crippen LogP contribution is 2.26. The third-order valence-electron chi connectivity index (χ3n) is 4.27. The van der Waals surface area contributed by atoms with E-state index in [1.54, 1.807) is 18.2 Å². The second-order valence-corrected chi connectivity index (χ2v) is 6.58. The zero-order valence-electron chi connectivity index (χ0n) is 13.8. The second-order valence-electron chi connectivity index (χ2n) is 6.14. The quantitative estimate of drug-likeness (QED) is 0.831. The molecule has 25 heavy (non-hydrogen) atoms. The van der Waals surface area contributed by atoms with Gasteiger partial charge in [0, 0.05) is 30.3 Å². The van der Waals surface area contributed by atoms with Gasteiger partial charge in [0.25, 0.3) is 5.91 Å². The number of hydrogen-bond donors (Lipinski definition) is 2. The second kappa shape index (κ2) is 8.12. The third-order valence-corrected chi connectivity index (χ3v) is 4.51. The summed E-state index contributed by atoms with van der Waals surface area (Å²) < 4.78 is 5.33. The Labute approximate surface area is 152 Å². The molecule has 1 saturated heterocycles. The first kappa shape index (κ1) is 17.4. The maximum Gasteiger partial charge on any atom is 0.257 e. The van der Waals surface area contributed by atoms with Crippen LogP contribution in [-0.2, 0) is 4.79 Å². The lowest BCUT2D eigenvalue weighted by Crippen LogP contribution is -2.34. The first-order chi connectivity index (χ1) is 12.1. The smallest absolute Gasteiger partial charge is 0.257 e. The van der Waals surface area contributed by atoms with Crippen LogP contribution in [0.5, 0.6) is 11.5 Å². The SMILES string of the molecule is O=C(COc1ccccc1O)NC[C@@H]1CCN(c2cccc(Cl)c2)C1. The van der Waals surface area contributed by atoms with Gasteiger partial charge in [0.1, 0.15) is 0 Å². The molecular formula is C19H21ClN2O3. The molecule has 6 heteroatoms. The predicted molar refractivity (Wildman–Crippen MR) is 98.4 cm³/mol. The van der Waals surface area contributed by atoms with E-state index in [0.29, 0.717) is 18.2 Å². The van der Waals surface area contributed by atoms with Crippen LogP contribution in [0.25, 0.3) is 0 Å². The molecule has 1 aliphatic heterocycles. The van der Waals surface area contributed by atoms with Gasteiger partial charge in [0.2, 0.25) is 0 Å². The number of carbonyl (C=O) groups is 1. The van der Waals surface area contributed by atoms with Crippen LogP contribution >= 0.6 is 11.6 Å². The van der Waals surface area contributed by atoms with Gasteiger partial charge >= 0.3 is 0 Å². The summed E-state index contributed by atoms with van der Waals surface area (Å²) in [4.78, 5) is 14.2. The average Bonchev–Trinajstić information content (AvgIpc) is 3.08. The Morgan fingerprint density at radius 2 is 2.12 bits per heavy atom. The fourth-order valence-corrected chi connectivity index (χ4v) is 3.12. The largest absolute Gasteiger partial charge is 0.504 e. The Kier molecular flexibility index (Phi) is 5.66. The molecule has 0 bridgehead atoms. The van der Waals surface area contributed by atoms with Crippen molar-refractivity contribution in [3.63, 3.8) is 0 Å². The van der Waals surface area contributed by atoms with Crippen molar-refractivity contribution in [1.29, 1.82) is 0 Å². The van der Waals surface area contributed by atoms with Crippen LogP contribution in [0.4, 0.5) is 5.69 Å². The molecule has 2 N–H and O–H groups in total. The lowest BCUT2D eigenvalue weighted by Gasteiger charge is -2.19. The van der Waals surface area contributed by atoms with E-state index in [-0.39, 0.29) is 18.3 Å². The van der Waals surface area contributed by atoms with Gasteiger partial charge in [0.15, 0.2) is 18.1 Å². The van der Waals surface area contributed by atoms with Crippen molar-refractivity contribution in [1.82, 2.24) is 5.32 Å². The van der Waals surface area contributed by atoms with Crippen molar-refractivity contribution < 1.29 is 14.6 Å². The number of anilines is 1. The summed E-state index contributed by atoms with van der Waals surface area (Å²) in [6.07, 6.45) is 1.02. The van der Waals surface area contributed by atoms with Crippen LogP contribution in [-0.4, -0.2) is 37.3 Å². The normalized spacial score (nSPS) is 16.7. The molecule has 3 rings (SSSR count). The standard InChI is InChI=1S/C19H21ClN2O3/c20-15-4-3-5-16(10-15)22-9-8-14(12-22)11-21-19(24)13-25-18-7-2-1-6-17(18)23/h1-7,10,14,23H,8-9,11-13H2,(H,21,24)/t14-/m0/s1. The minimum atomic E-state index is -0.190. The number of para-hydroxylation sites is 2. The number of amides is 1. The third kappa shape index (κ3) is 4.79. The number of ether oxygens (including phenoxy) is 1. The van der Waals surface area contributed by atoms with Crippen molar-refractivity contribution in [2.45, 2.75) is 6.42 Å². The molecule has 1 heterocycles. The van der Waals surface area contributed by atoms with Crippen molar-refractivity contribution >= 4 is 23.2 Å². The maximum absolute atomic E-state index is 11.9. The highest BCUT2D eigenvalue weighted by molar-refractivity contribution is 6.30. The lowest BCUT2D eigenvalue weighted by molar-refractivity contribution is -0.123. The van der Waals surface area contributed by atoms with Gasteiger partial charge in [-0.2, -0.15) is 0 Å². The van der Waals surface area contributed by atoms with Crippen LogP contribution in [0.15, 0.2) is 48.5 Å². The minimum Gasteiger partial charge on any atom is -0.504 e. The Balaban J connectivity index is 1.42. The number of halogens is 1. The first-order valence-electron chi connectivity index (χ1n) is 8.30. The van der Waals surface area contributed by atoms with Crippen LogP contribution in [0.2, 0.25) is 5.02 Å². The summed E-state index contributed by atoms with van der Waals surface area (Å²) >= 11 is 6.04. The summed E-state index contributed by atoms with van der Waals surface area (Å²) in [5, 5.41) is 13.2. The molecule has 0 spiro atoms. The molecule has 0 radical (unpaired) electrons. The van der Waals surface area contributed by atoms with Gasteiger partial charge in [0.05, 0.1) is 0 Å². The molecule has 0 saturated carbocycles. The molecule has 0 aliphatic carbocycles. The van der Waals surface area contributed by atoms with Crippen molar-refractivity contribution in [2.75, 3.05) is 31.1 Å². The molecular weight excluding hydrogens is 340 g/mol. The van der Waals surface area contributed by atoms with Crippen LogP contribution < -0.4 is 15.0 Å². The Morgan fingerprint density at radius 1 is 1.28 bits per heavy atom. The van der Waals surface area contributed by atoms with Gasteiger partial charge in [-0.05, 0) is 42.7 Å². The van der Waals surface area contributed by atoms with E-state index < -0.39 is 0 Å². The molecule has 1 aliphatic rings. The number of phenolic OH excluding ortho intramolecular Hbond substituents is 1. The zero-order chi connectivity index (χ0) is 17.6. The van der Waals surface area contributed by atoms with Crippen LogP contribution in [0.1, 0.15) is 6.42 Å². The fraction of sp³-hybridized carbons (Fsp3) is 0.316. The highest BCUT2D eigenvalue weighted by Gasteiger charge is 2.23. The topological polar surface area (TPSA) is 61.8 Å². The number of aromatic hydroxyl groups is 1. The molecule has 1 amide bonds. The number of rotatable bonds is 6. The molecule has 1 atom stereocenters. The lowest BCUT2D eigenvalue weighted by atomic mass is 10.1. The summed E-state index contributed by atoms with van der Waals surface area (Å²) in [6, 6.07) is 14.4. The summed E-state index contributed by atoms with van der Waals surface area (Å²) in [5.41, 5.74) is 1.12. The maximum atomic E-state index is 11.9. The van der Waals surface area contributed by atoms with E-state index in [1.807, 2.05) is 24.3 Å². The van der Waals surface area contributed by atoms with E-state index >= 15 is 0 Å². The molecule has 2 aromatic rings. The molecule has 5 nitrogen and oxygen atoms in total. The summed E-state index contributed by atoms with van der Waals surface area (Å²) in [6.45, 7) is 2.35. The first-order valence-corrected chi connectivity index (χ1v) is 8.67. The number of benzene rings is 2. The van der Waals surface area contributed by atoms with Gasteiger partial charge in [-0.3, -0.25) is 4.79 Å².